The van der Waals surface area contributed by atoms with E-state index in [9.17, 15) is 0 Å². The van der Waals surface area contributed by atoms with Gasteiger partial charge in [0.05, 0.1) is 22.3 Å². The molecular weight excluding hydrogens is 657 g/mol. The predicted octanol–water partition coefficient (Wildman–Crippen LogP) is 11.1. The molecule has 53 heavy (non-hydrogen) atoms. The number of nitrogens with zero attached hydrogens (tertiary/aromatic N) is 6. The fourth-order valence-corrected chi connectivity index (χ4v) is 7.36. The van der Waals surface area contributed by atoms with Crippen molar-refractivity contribution in [2.75, 3.05) is 0 Å². The van der Waals surface area contributed by atoms with Crippen LogP contribution in [0, 0.1) is 0 Å². The number of fused-ring (bicyclic) bond motifs is 7. The Morgan fingerprint density at radius 3 is 1.62 bits per heavy atom. The normalized spacial score (nSPS) is 11.8. The maximum atomic E-state index is 6.46. The average molecular weight is 683 g/mol. The third kappa shape index (κ3) is 4.66. The fourth-order valence-electron chi connectivity index (χ4n) is 7.36. The topological polar surface area (TPSA) is 95.7 Å². The van der Waals surface area contributed by atoms with Crippen LogP contribution in [0.15, 0.2) is 167 Å². The second kappa shape index (κ2) is 11.5. The van der Waals surface area contributed by atoms with Gasteiger partial charge in [-0.25, -0.2) is 19.6 Å². The van der Waals surface area contributed by atoms with Gasteiger partial charge in [0.2, 0.25) is 0 Å². The van der Waals surface area contributed by atoms with Crippen molar-refractivity contribution in [3.8, 4) is 51.1 Å². The Morgan fingerprint density at radius 2 is 0.962 bits per heavy atom. The molecule has 11 rings (SSSR count). The maximum absolute atomic E-state index is 6.46. The summed E-state index contributed by atoms with van der Waals surface area (Å²) in [6.45, 7) is 0. The van der Waals surface area contributed by atoms with Gasteiger partial charge < -0.3 is 8.83 Å². The standard InChI is InChI=1S/C45H26N6O2/c1-4-19-37-34(14-1)40(50-51(37)29-22-24-46-25-23-29)27-10-7-11-28(26-27)43-47-44(35-17-8-15-32-30-12-2-5-20-38(30)52-41(32)35)49-45(48-43)36-18-9-16-33-31-13-3-6-21-39(31)53-42(33)36/h1-26H. The van der Waals surface area contributed by atoms with Crippen LogP contribution in [0.5, 0.6) is 0 Å². The van der Waals surface area contributed by atoms with Crippen molar-refractivity contribution in [3.05, 3.63) is 158 Å². The lowest BCUT2D eigenvalue weighted by molar-refractivity contribution is 0.669. The quantitative estimate of drug-likeness (QED) is 0.178. The average Bonchev–Trinajstić information content (AvgIpc) is 3.93. The van der Waals surface area contributed by atoms with Crippen molar-refractivity contribution < 1.29 is 8.83 Å². The number of furan rings is 2. The van der Waals surface area contributed by atoms with Gasteiger partial charge in [0.1, 0.15) is 28.0 Å². The Labute approximate surface area is 301 Å². The van der Waals surface area contributed by atoms with Gasteiger partial charge in [-0.15, -0.1) is 0 Å². The van der Waals surface area contributed by atoms with Crippen LogP contribution in [0.2, 0.25) is 0 Å². The zero-order chi connectivity index (χ0) is 34.9. The number of para-hydroxylation sites is 5. The summed E-state index contributed by atoms with van der Waals surface area (Å²) in [6.07, 6.45) is 3.56. The summed E-state index contributed by atoms with van der Waals surface area (Å²) in [5, 5.41) is 10.2. The van der Waals surface area contributed by atoms with E-state index in [-0.39, 0.29) is 0 Å². The first kappa shape index (κ1) is 29.3. The zero-order valence-corrected chi connectivity index (χ0v) is 28.0. The molecular formula is C45H26N6O2. The van der Waals surface area contributed by atoms with E-state index >= 15 is 0 Å². The minimum atomic E-state index is 0.501. The minimum absolute atomic E-state index is 0.501. The summed E-state index contributed by atoms with van der Waals surface area (Å²) in [4.78, 5) is 19.6. The predicted molar refractivity (Wildman–Crippen MR) is 209 cm³/mol. The molecule has 0 saturated carbocycles. The van der Waals surface area contributed by atoms with Gasteiger partial charge in [-0.05, 0) is 48.5 Å². The van der Waals surface area contributed by atoms with E-state index in [4.69, 9.17) is 28.9 Å². The van der Waals surface area contributed by atoms with E-state index < -0.39 is 0 Å². The molecule has 0 atom stereocenters. The van der Waals surface area contributed by atoms with Crippen molar-refractivity contribution >= 4 is 54.8 Å². The first-order chi connectivity index (χ1) is 26.3. The highest BCUT2D eigenvalue weighted by atomic mass is 16.3. The molecule has 0 aliphatic heterocycles. The smallest absolute Gasteiger partial charge is 0.167 e. The Balaban J connectivity index is 1.14. The maximum Gasteiger partial charge on any atom is 0.167 e. The van der Waals surface area contributed by atoms with Crippen molar-refractivity contribution in [1.82, 2.24) is 29.7 Å². The molecule has 0 aliphatic carbocycles. The van der Waals surface area contributed by atoms with E-state index in [1.165, 1.54) is 0 Å². The van der Waals surface area contributed by atoms with Gasteiger partial charge in [-0.3, -0.25) is 4.98 Å². The molecule has 248 valence electrons. The molecule has 8 heteroatoms. The molecule has 6 aromatic carbocycles. The Kier molecular flexibility index (Phi) is 6.38. The number of benzene rings is 6. The van der Waals surface area contributed by atoms with Crippen LogP contribution in [0.3, 0.4) is 0 Å². The van der Waals surface area contributed by atoms with Crippen LogP contribution in [-0.4, -0.2) is 29.7 Å². The van der Waals surface area contributed by atoms with Gasteiger partial charge in [-0.1, -0.05) is 97.1 Å². The molecule has 0 radical (unpaired) electrons. The number of pyridine rings is 1. The van der Waals surface area contributed by atoms with Crippen molar-refractivity contribution in [3.63, 3.8) is 0 Å². The van der Waals surface area contributed by atoms with Crippen LogP contribution < -0.4 is 0 Å². The Hall–Kier alpha value is -7.45. The van der Waals surface area contributed by atoms with Crippen LogP contribution in [-0.2, 0) is 0 Å². The highest BCUT2D eigenvalue weighted by molar-refractivity contribution is 6.10. The summed E-state index contributed by atoms with van der Waals surface area (Å²) < 4.78 is 14.9. The summed E-state index contributed by atoms with van der Waals surface area (Å²) >= 11 is 0. The molecule has 0 bridgehead atoms. The van der Waals surface area contributed by atoms with Gasteiger partial charge in [0, 0.05) is 50.5 Å². The zero-order valence-electron chi connectivity index (χ0n) is 28.0. The molecule has 0 saturated heterocycles. The van der Waals surface area contributed by atoms with Gasteiger partial charge in [0.25, 0.3) is 0 Å². The first-order valence-corrected chi connectivity index (χ1v) is 17.3. The first-order valence-electron chi connectivity index (χ1n) is 17.3. The summed E-state index contributed by atoms with van der Waals surface area (Å²) in [7, 11) is 0. The molecule has 0 unspecified atom stereocenters. The molecule has 5 heterocycles. The lowest BCUT2D eigenvalue weighted by Crippen LogP contribution is -2.01. The highest BCUT2D eigenvalue weighted by Crippen LogP contribution is 2.39. The van der Waals surface area contributed by atoms with Crippen LogP contribution >= 0.6 is 0 Å². The van der Waals surface area contributed by atoms with E-state index in [0.717, 1.165) is 88.4 Å². The molecule has 5 aromatic heterocycles. The van der Waals surface area contributed by atoms with Gasteiger partial charge >= 0.3 is 0 Å². The SMILES string of the molecule is c1cc(-c2nc(-c3cccc4c3oc3ccccc34)nc(-c3cccc4c3oc3ccccc34)n2)cc(-c2nn(-c3ccncc3)c3ccccc23)c1. The van der Waals surface area contributed by atoms with Crippen molar-refractivity contribution in [1.29, 1.82) is 0 Å². The Bertz CT molecular complexity index is 3060. The van der Waals surface area contributed by atoms with Crippen molar-refractivity contribution in [2.24, 2.45) is 0 Å². The van der Waals surface area contributed by atoms with E-state index in [1.807, 2.05) is 102 Å². The molecule has 8 nitrogen and oxygen atoms in total. The third-order valence-electron chi connectivity index (χ3n) is 9.81. The number of hydrogen-bond donors (Lipinski definition) is 0. The second-order valence-corrected chi connectivity index (χ2v) is 12.9. The van der Waals surface area contributed by atoms with Crippen LogP contribution in [0.1, 0.15) is 0 Å². The molecule has 0 N–H and O–H groups in total. The summed E-state index contributed by atoms with van der Waals surface area (Å²) in [6, 6.07) is 48.7. The second-order valence-electron chi connectivity index (χ2n) is 12.9. The summed E-state index contributed by atoms with van der Waals surface area (Å²) in [5.41, 5.74) is 9.17. The molecule has 0 fully saturated rings. The number of rotatable bonds is 5. The fraction of sp³-hybridized carbons (Fsp3) is 0. The number of aromatic nitrogens is 6. The minimum Gasteiger partial charge on any atom is -0.455 e. The number of hydrogen-bond acceptors (Lipinski definition) is 7. The van der Waals surface area contributed by atoms with Gasteiger partial charge in [0.15, 0.2) is 17.5 Å². The Morgan fingerprint density at radius 1 is 0.434 bits per heavy atom. The summed E-state index contributed by atoms with van der Waals surface area (Å²) in [5.74, 6) is 1.52. The lowest BCUT2D eigenvalue weighted by Gasteiger charge is -2.10. The van der Waals surface area contributed by atoms with Gasteiger partial charge in [-0.2, -0.15) is 5.10 Å². The molecule has 0 spiro atoms. The van der Waals surface area contributed by atoms with Crippen molar-refractivity contribution in [2.45, 2.75) is 0 Å². The molecule has 11 aromatic rings. The van der Waals surface area contributed by atoms with E-state index in [1.54, 1.807) is 12.4 Å². The van der Waals surface area contributed by atoms with Crippen LogP contribution in [0.25, 0.3) is 106 Å². The monoisotopic (exact) mass is 682 g/mol. The molecule has 0 amide bonds. The highest BCUT2D eigenvalue weighted by Gasteiger charge is 2.21. The van der Waals surface area contributed by atoms with Crippen LogP contribution in [0.4, 0.5) is 0 Å². The van der Waals surface area contributed by atoms with E-state index in [0.29, 0.717) is 17.5 Å². The largest absolute Gasteiger partial charge is 0.455 e. The third-order valence-corrected chi connectivity index (χ3v) is 9.81. The van der Waals surface area contributed by atoms with E-state index in [2.05, 4.69) is 53.5 Å². The molecule has 0 aliphatic rings. The lowest BCUT2D eigenvalue weighted by atomic mass is 10.0.